The fourth-order valence-electron chi connectivity index (χ4n) is 1.19. The van der Waals surface area contributed by atoms with E-state index in [1.807, 2.05) is 0 Å². The largest absolute Gasteiger partial charge is 0.480 e. The maximum atomic E-state index is 11.9. The minimum atomic E-state index is -1.21. The van der Waals surface area contributed by atoms with Crippen molar-refractivity contribution in [1.29, 1.82) is 0 Å². The number of carbonyl (C=O) groups excluding carboxylic acids is 1. The van der Waals surface area contributed by atoms with Gasteiger partial charge < -0.3 is 10.0 Å². The summed E-state index contributed by atoms with van der Waals surface area (Å²) in [5, 5.41) is 20.2. The first-order valence-electron chi connectivity index (χ1n) is 4.63. The lowest BCUT2D eigenvalue weighted by Crippen LogP contribution is -2.35. The molecule has 0 radical (unpaired) electrons. The normalized spacial score (nSPS) is 9.50. The molecular weight excluding hydrogens is 260 g/mol. The predicted molar refractivity (Wildman–Crippen MR) is 63.3 cm³/mol. The Labute approximate surface area is 106 Å². The van der Waals surface area contributed by atoms with Crippen molar-refractivity contribution in [2.24, 2.45) is 0 Å². The molecule has 1 N–H and O–H groups in total. The molecule has 0 saturated heterocycles. The Morgan fingerprint density at radius 1 is 1.61 bits per heavy atom. The minimum Gasteiger partial charge on any atom is -0.480 e. The molecule has 18 heavy (non-hydrogen) atoms. The van der Waals surface area contributed by atoms with Gasteiger partial charge in [-0.3, -0.25) is 19.7 Å². The average molecular weight is 268 g/mol. The Balaban J connectivity index is 2.91. The zero-order valence-electron chi connectivity index (χ0n) is 9.03. The summed E-state index contributed by atoms with van der Waals surface area (Å²) < 4.78 is 0. The molecule has 0 unspecified atom stereocenters. The van der Waals surface area contributed by atoms with Crippen molar-refractivity contribution in [3.8, 4) is 12.3 Å². The van der Waals surface area contributed by atoms with Gasteiger partial charge in [-0.2, -0.15) is 0 Å². The predicted octanol–water partition coefficient (Wildman–Crippen LogP) is 0.816. The Morgan fingerprint density at radius 3 is 2.72 bits per heavy atom. The van der Waals surface area contributed by atoms with Crippen molar-refractivity contribution >= 4 is 28.2 Å². The third kappa shape index (κ3) is 3.29. The standard InChI is InChI=1S/C10H8N2O5S/c1-2-3-11(5-9(13)14)10(15)7-4-8(12(16)17)18-6-7/h1,4,6H,3,5H2,(H,13,14). The van der Waals surface area contributed by atoms with E-state index in [-0.39, 0.29) is 17.1 Å². The van der Waals surface area contributed by atoms with Crippen LogP contribution in [0.1, 0.15) is 10.4 Å². The number of carboxylic acid groups (broad SMARTS) is 1. The lowest BCUT2D eigenvalue weighted by atomic mass is 10.3. The molecule has 0 spiro atoms. The van der Waals surface area contributed by atoms with Crippen LogP contribution in [0.15, 0.2) is 11.4 Å². The number of aliphatic carboxylic acids is 1. The van der Waals surface area contributed by atoms with Crippen LogP contribution < -0.4 is 0 Å². The highest BCUT2D eigenvalue weighted by atomic mass is 32.1. The van der Waals surface area contributed by atoms with Crippen LogP contribution in [0.3, 0.4) is 0 Å². The zero-order chi connectivity index (χ0) is 13.7. The van der Waals surface area contributed by atoms with E-state index in [0.717, 1.165) is 22.3 Å². The Hall–Kier alpha value is -2.40. The van der Waals surface area contributed by atoms with E-state index in [2.05, 4.69) is 5.92 Å². The van der Waals surface area contributed by atoms with Crippen molar-refractivity contribution in [3.05, 3.63) is 27.1 Å². The maximum absolute atomic E-state index is 11.9. The van der Waals surface area contributed by atoms with Gasteiger partial charge >= 0.3 is 11.0 Å². The third-order valence-corrected chi connectivity index (χ3v) is 2.79. The van der Waals surface area contributed by atoms with E-state index in [0.29, 0.717) is 0 Å². The number of hydrogen-bond acceptors (Lipinski definition) is 5. The number of nitrogens with zero attached hydrogens (tertiary/aromatic N) is 2. The molecule has 1 rings (SSSR count). The molecule has 0 aromatic carbocycles. The number of thiophene rings is 1. The summed E-state index contributed by atoms with van der Waals surface area (Å²) in [6.45, 7) is -0.721. The Kier molecular flexibility index (Phi) is 4.39. The van der Waals surface area contributed by atoms with Crippen LogP contribution in [0.25, 0.3) is 0 Å². The summed E-state index contributed by atoms with van der Waals surface area (Å²) in [5.41, 5.74) is 0.0585. The van der Waals surface area contributed by atoms with Crippen LogP contribution >= 0.6 is 11.3 Å². The molecule has 1 amide bonds. The highest BCUT2D eigenvalue weighted by Gasteiger charge is 2.21. The molecule has 0 atom stereocenters. The molecule has 0 aliphatic carbocycles. The highest BCUT2D eigenvalue weighted by Crippen LogP contribution is 2.23. The van der Waals surface area contributed by atoms with Gasteiger partial charge in [0.15, 0.2) is 0 Å². The summed E-state index contributed by atoms with van der Waals surface area (Å²) in [6, 6.07) is 1.10. The number of terminal acetylenes is 1. The van der Waals surface area contributed by atoms with Gasteiger partial charge in [0.05, 0.1) is 17.0 Å². The van der Waals surface area contributed by atoms with Crippen LogP contribution in [0.2, 0.25) is 0 Å². The Bertz CT molecular complexity index is 531. The van der Waals surface area contributed by atoms with Crippen LogP contribution in [-0.2, 0) is 4.79 Å². The topological polar surface area (TPSA) is 101 Å². The molecule has 1 heterocycles. The van der Waals surface area contributed by atoms with Crippen molar-refractivity contribution in [2.45, 2.75) is 0 Å². The van der Waals surface area contributed by atoms with Crippen LogP contribution in [-0.4, -0.2) is 39.9 Å². The van der Waals surface area contributed by atoms with Crippen LogP contribution in [0.4, 0.5) is 5.00 Å². The number of carboxylic acids is 1. The van der Waals surface area contributed by atoms with Gasteiger partial charge in [-0.1, -0.05) is 17.3 Å². The molecule has 0 saturated carbocycles. The second-order valence-corrected chi connectivity index (χ2v) is 4.08. The number of nitro groups is 1. The molecule has 7 nitrogen and oxygen atoms in total. The van der Waals surface area contributed by atoms with Crippen molar-refractivity contribution in [2.75, 3.05) is 13.1 Å². The van der Waals surface area contributed by atoms with Gasteiger partial charge in [0.1, 0.15) is 6.54 Å². The van der Waals surface area contributed by atoms with E-state index in [1.54, 1.807) is 0 Å². The maximum Gasteiger partial charge on any atom is 0.324 e. The first-order chi connectivity index (χ1) is 8.45. The smallest absolute Gasteiger partial charge is 0.324 e. The summed E-state index contributed by atoms with van der Waals surface area (Å²) in [6.07, 6.45) is 5.03. The van der Waals surface area contributed by atoms with E-state index in [9.17, 15) is 19.7 Å². The zero-order valence-corrected chi connectivity index (χ0v) is 9.85. The molecule has 0 aliphatic rings. The van der Waals surface area contributed by atoms with Gasteiger partial charge in [-0.15, -0.1) is 6.42 Å². The van der Waals surface area contributed by atoms with Crippen LogP contribution in [0.5, 0.6) is 0 Å². The lowest BCUT2D eigenvalue weighted by Gasteiger charge is -2.16. The number of rotatable bonds is 5. The van der Waals surface area contributed by atoms with Crippen molar-refractivity contribution in [1.82, 2.24) is 4.90 Å². The van der Waals surface area contributed by atoms with Gasteiger partial charge in [0.2, 0.25) is 0 Å². The molecule has 1 aromatic heterocycles. The van der Waals surface area contributed by atoms with E-state index in [1.165, 1.54) is 5.38 Å². The summed E-state index contributed by atoms with van der Waals surface area (Å²) in [5.74, 6) is 0.320. The average Bonchev–Trinajstić information content (AvgIpc) is 2.76. The summed E-state index contributed by atoms with van der Waals surface area (Å²) in [4.78, 5) is 33.2. The summed E-state index contributed by atoms with van der Waals surface area (Å²) in [7, 11) is 0. The minimum absolute atomic E-state index is 0.0585. The quantitative estimate of drug-likeness (QED) is 0.484. The molecule has 0 fully saturated rings. The molecule has 94 valence electrons. The fraction of sp³-hybridized carbons (Fsp3) is 0.200. The summed E-state index contributed by atoms with van der Waals surface area (Å²) >= 11 is 0.795. The van der Waals surface area contributed by atoms with Gasteiger partial charge in [-0.05, 0) is 0 Å². The van der Waals surface area contributed by atoms with Crippen LogP contribution in [0, 0.1) is 22.5 Å². The third-order valence-electron chi connectivity index (χ3n) is 1.91. The molecule has 8 heteroatoms. The molecule has 0 aliphatic heterocycles. The lowest BCUT2D eigenvalue weighted by molar-refractivity contribution is -0.380. The van der Waals surface area contributed by atoms with Gasteiger partial charge in [0.25, 0.3) is 5.91 Å². The van der Waals surface area contributed by atoms with Crippen molar-refractivity contribution < 1.29 is 19.6 Å². The first-order valence-corrected chi connectivity index (χ1v) is 5.51. The van der Waals surface area contributed by atoms with Gasteiger partial charge in [-0.25, -0.2) is 0 Å². The monoisotopic (exact) mass is 268 g/mol. The highest BCUT2D eigenvalue weighted by molar-refractivity contribution is 7.13. The van der Waals surface area contributed by atoms with E-state index >= 15 is 0 Å². The molecule has 1 aromatic rings. The first kappa shape index (κ1) is 13.7. The van der Waals surface area contributed by atoms with Crippen molar-refractivity contribution in [3.63, 3.8) is 0 Å². The van der Waals surface area contributed by atoms with E-state index in [4.69, 9.17) is 11.5 Å². The number of amides is 1. The number of carbonyl (C=O) groups is 2. The Morgan fingerprint density at radius 2 is 2.28 bits per heavy atom. The van der Waals surface area contributed by atoms with Gasteiger partial charge in [0, 0.05) is 11.4 Å². The second-order valence-electron chi connectivity index (χ2n) is 3.19. The fourth-order valence-corrected chi connectivity index (χ4v) is 1.89. The molecular formula is C10H8N2O5S. The second kappa shape index (κ2) is 5.79. The SMILES string of the molecule is C#CCN(CC(=O)O)C(=O)c1csc([N+](=O)[O-])c1. The number of hydrogen-bond donors (Lipinski definition) is 1. The van der Waals surface area contributed by atoms with E-state index < -0.39 is 23.3 Å². The molecule has 0 bridgehead atoms.